The van der Waals surface area contributed by atoms with Crippen LogP contribution in [0, 0.1) is 17.7 Å². The summed E-state index contributed by atoms with van der Waals surface area (Å²) >= 11 is 0. The maximum Gasteiger partial charge on any atom is 0.228 e. The molecule has 2 aromatic rings. The van der Waals surface area contributed by atoms with E-state index in [1.807, 2.05) is 11.0 Å². The number of amides is 1. The number of hydrogen-bond donors (Lipinski definition) is 1. The number of likely N-dealkylation sites (N-methyl/N-ethyl adjacent to an activating group) is 1. The fraction of sp³-hybridized carbons (Fsp3) is 0.520. The summed E-state index contributed by atoms with van der Waals surface area (Å²) in [5, 5.41) is 0. The van der Waals surface area contributed by atoms with Crippen molar-refractivity contribution >= 4 is 11.6 Å². The molecule has 1 amide bonds. The van der Waals surface area contributed by atoms with Crippen molar-refractivity contribution in [2.24, 2.45) is 11.8 Å². The Morgan fingerprint density at radius 1 is 1.16 bits per heavy atom. The predicted octanol–water partition coefficient (Wildman–Crippen LogP) is 2.97. The molecule has 0 spiro atoms. The first-order valence-corrected chi connectivity index (χ1v) is 11.6. The highest BCUT2D eigenvalue weighted by Crippen LogP contribution is 2.41. The smallest absolute Gasteiger partial charge is 0.228 e. The Labute approximate surface area is 188 Å². The lowest BCUT2D eigenvalue weighted by Gasteiger charge is -2.30. The van der Waals surface area contributed by atoms with Gasteiger partial charge in [0, 0.05) is 37.3 Å². The Kier molecular flexibility index (Phi) is 5.86. The summed E-state index contributed by atoms with van der Waals surface area (Å²) in [4.78, 5) is 22.2. The van der Waals surface area contributed by atoms with Gasteiger partial charge in [-0.05, 0) is 74.5 Å². The lowest BCUT2D eigenvalue weighted by molar-refractivity contribution is -0.129. The van der Waals surface area contributed by atoms with Gasteiger partial charge < -0.3 is 15.4 Å². The van der Waals surface area contributed by atoms with Crippen molar-refractivity contribution in [2.45, 2.75) is 37.8 Å². The van der Waals surface area contributed by atoms with Crippen molar-refractivity contribution in [1.29, 1.82) is 0 Å². The van der Waals surface area contributed by atoms with Gasteiger partial charge in [0.15, 0.2) is 0 Å². The molecule has 3 aliphatic rings. The van der Waals surface area contributed by atoms with E-state index in [0.717, 1.165) is 51.1 Å². The monoisotopic (exact) mass is 438 g/mol. The van der Waals surface area contributed by atoms with Crippen LogP contribution >= 0.6 is 0 Å². The molecular formula is C25H31FN4O2. The quantitative estimate of drug-likeness (QED) is 0.777. The molecule has 0 bridgehead atoms. The second-order valence-corrected chi connectivity index (χ2v) is 9.54. The molecule has 0 radical (unpaired) electrons. The van der Waals surface area contributed by atoms with Gasteiger partial charge in [-0.2, -0.15) is 0 Å². The van der Waals surface area contributed by atoms with Gasteiger partial charge in [-0.3, -0.25) is 14.7 Å². The Bertz CT molecular complexity index is 962. The van der Waals surface area contributed by atoms with Crippen molar-refractivity contribution in [3.8, 4) is 11.3 Å². The highest BCUT2D eigenvalue weighted by Gasteiger charge is 2.44. The molecule has 3 fully saturated rings. The van der Waals surface area contributed by atoms with E-state index in [4.69, 9.17) is 10.5 Å². The van der Waals surface area contributed by atoms with Crippen LogP contribution in [0.1, 0.15) is 25.0 Å². The summed E-state index contributed by atoms with van der Waals surface area (Å²) < 4.78 is 18.8. The second-order valence-electron chi connectivity index (χ2n) is 9.54. The number of carbonyl (C=O) groups is 1. The number of aromatic nitrogens is 1. The number of benzene rings is 1. The third-order valence-electron chi connectivity index (χ3n) is 7.60. The van der Waals surface area contributed by atoms with Gasteiger partial charge in [-0.1, -0.05) is 0 Å². The van der Waals surface area contributed by atoms with E-state index in [1.54, 1.807) is 18.2 Å². The van der Waals surface area contributed by atoms with Crippen molar-refractivity contribution in [3.63, 3.8) is 0 Å². The average molecular weight is 439 g/mol. The normalized spacial score (nSPS) is 27.3. The van der Waals surface area contributed by atoms with Gasteiger partial charge in [0.25, 0.3) is 0 Å². The molecule has 3 atom stereocenters. The van der Waals surface area contributed by atoms with E-state index in [9.17, 15) is 9.18 Å². The van der Waals surface area contributed by atoms with Crippen molar-refractivity contribution in [3.05, 3.63) is 47.9 Å². The Morgan fingerprint density at radius 3 is 2.53 bits per heavy atom. The molecule has 3 heterocycles. The lowest BCUT2D eigenvalue weighted by atomic mass is 10.0. The zero-order valence-electron chi connectivity index (χ0n) is 18.5. The van der Waals surface area contributed by atoms with Crippen LogP contribution in [-0.2, 0) is 16.0 Å². The van der Waals surface area contributed by atoms with E-state index >= 15 is 0 Å². The number of nitrogen functional groups attached to an aromatic ring is 1. The van der Waals surface area contributed by atoms with Crippen LogP contribution in [0.4, 0.5) is 10.1 Å². The predicted molar refractivity (Wildman–Crippen MR) is 121 cm³/mol. The minimum absolute atomic E-state index is 0.0870. The van der Waals surface area contributed by atoms with Gasteiger partial charge in [0.2, 0.25) is 5.91 Å². The third kappa shape index (κ3) is 4.24. The molecule has 170 valence electrons. The fourth-order valence-electron chi connectivity index (χ4n) is 5.64. The Hall–Kier alpha value is -2.51. The first-order chi connectivity index (χ1) is 15.5. The van der Waals surface area contributed by atoms with E-state index in [1.165, 1.54) is 12.1 Å². The van der Waals surface area contributed by atoms with Crippen LogP contribution in [0.2, 0.25) is 0 Å². The molecule has 5 rings (SSSR count). The minimum atomic E-state index is -0.288. The second kappa shape index (κ2) is 8.79. The van der Waals surface area contributed by atoms with Gasteiger partial charge in [-0.25, -0.2) is 4.39 Å². The largest absolute Gasteiger partial charge is 0.397 e. The number of carbonyl (C=O) groups excluding carboxylic acids is 1. The van der Waals surface area contributed by atoms with Crippen LogP contribution < -0.4 is 5.73 Å². The average Bonchev–Trinajstić information content (AvgIpc) is 3.52. The van der Waals surface area contributed by atoms with Crippen LogP contribution in [0.15, 0.2) is 36.4 Å². The Morgan fingerprint density at radius 2 is 1.88 bits per heavy atom. The van der Waals surface area contributed by atoms with Crippen LogP contribution in [0.5, 0.6) is 0 Å². The molecule has 1 aromatic heterocycles. The van der Waals surface area contributed by atoms with Crippen molar-refractivity contribution in [1.82, 2.24) is 14.8 Å². The molecule has 32 heavy (non-hydrogen) atoms. The fourth-order valence-corrected chi connectivity index (χ4v) is 5.64. The standard InChI is InChI=1S/C25H31FN4O2/c1-29(20-8-9-32-15-20)21-10-17-13-30(14-18(17)11-21)25(31)12-24-22(27)6-7-23(28-24)16-2-4-19(26)5-3-16/h2-7,17-18,20-21H,8-15,27H2,1H3. The molecule has 7 heteroatoms. The first kappa shape index (κ1) is 21.3. The minimum Gasteiger partial charge on any atom is -0.397 e. The van der Waals surface area contributed by atoms with Gasteiger partial charge >= 0.3 is 0 Å². The van der Waals surface area contributed by atoms with E-state index < -0.39 is 0 Å². The molecule has 6 nitrogen and oxygen atoms in total. The molecule has 2 aliphatic heterocycles. The number of nitrogens with two attached hydrogens (primary N) is 1. The number of hydrogen-bond acceptors (Lipinski definition) is 5. The number of nitrogens with zero attached hydrogens (tertiary/aromatic N) is 3. The van der Waals surface area contributed by atoms with E-state index in [2.05, 4.69) is 16.9 Å². The van der Waals surface area contributed by atoms with Crippen LogP contribution in [0.3, 0.4) is 0 Å². The number of anilines is 1. The first-order valence-electron chi connectivity index (χ1n) is 11.6. The summed E-state index contributed by atoms with van der Waals surface area (Å²) in [6, 6.07) is 10.9. The van der Waals surface area contributed by atoms with E-state index in [-0.39, 0.29) is 18.1 Å². The lowest BCUT2D eigenvalue weighted by Crippen LogP contribution is -2.40. The molecule has 2 saturated heterocycles. The summed E-state index contributed by atoms with van der Waals surface area (Å²) in [5.41, 5.74) is 8.74. The molecule has 1 aliphatic carbocycles. The van der Waals surface area contributed by atoms with Gasteiger partial charge in [0.1, 0.15) is 5.82 Å². The molecule has 1 aromatic carbocycles. The van der Waals surface area contributed by atoms with Gasteiger partial charge in [0.05, 0.1) is 30.1 Å². The molecule has 1 saturated carbocycles. The number of rotatable bonds is 5. The number of halogens is 1. The summed E-state index contributed by atoms with van der Waals surface area (Å²) in [6.45, 7) is 3.37. The molecule has 2 N–H and O–H groups in total. The van der Waals surface area contributed by atoms with Crippen LogP contribution in [0.25, 0.3) is 11.3 Å². The van der Waals surface area contributed by atoms with Gasteiger partial charge in [-0.15, -0.1) is 0 Å². The summed E-state index contributed by atoms with van der Waals surface area (Å²) in [6.07, 6.45) is 3.63. The third-order valence-corrected chi connectivity index (χ3v) is 7.60. The maximum absolute atomic E-state index is 13.2. The number of pyridine rings is 1. The molecular weight excluding hydrogens is 407 g/mol. The van der Waals surface area contributed by atoms with Crippen LogP contribution in [-0.4, -0.2) is 66.1 Å². The summed E-state index contributed by atoms with van der Waals surface area (Å²) in [7, 11) is 2.23. The number of fused-ring (bicyclic) bond motifs is 1. The SMILES string of the molecule is CN(C1CCOC1)C1CC2CN(C(=O)Cc3nc(-c4ccc(F)cc4)ccc3N)CC2C1. The zero-order chi connectivity index (χ0) is 22.2. The van der Waals surface area contributed by atoms with Crippen molar-refractivity contribution in [2.75, 3.05) is 39.1 Å². The Balaban J connectivity index is 1.21. The highest BCUT2D eigenvalue weighted by molar-refractivity contribution is 5.80. The maximum atomic E-state index is 13.2. The number of ether oxygens (including phenoxy) is 1. The highest BCUT2D eigenvalue weighted by atomic mass is 19.1. The number of likely N-dealkylation sites (tertiary alicyclic amines) is 1. The van der Waals surface area contributed by atoms with Crippen molar-refractivity contribution < 1.29 is 13.9 Å². The topological polar surface area (TPSA) is 71.7 Å². The zero-order valence-corrected chi connectivity index (χ0v) is 18.5. The molecule has 3 unspecified atom stereocenters. The van der Waals surface area contributed by atoms with E-state index in [0.29, 0.717) is 41.0 Å². The summed E-state index contributed by atoms with van der Waals surface area (Å²) in [5.74, 6) is 0.947.